The molecular formula is C12H18N2O3S. The van der Waals surface area contributed by atoms with Gasteiger partial charge < -0.3 is 10.1 Å². The Kier molecular flexibility index (Phi) is 3.89. The van der Waals surface area contributed by atoms with Gasteiger partial charge in [-0.05, 0) is 37.6 Å². The van der Waals surface area contributed by atoms with Gasteiger partial charge in [0.1, 0.15) is 10.6 Å². The highest BCUT2D eigenvalue weighted by atomic mass is 32.2. The SMILES string of the molecule is CNCc1ccc(OC)c(S(=O)(=O)NC2CC2)c1. The predicted octanol–water partition coefficient (Wildman–Crippen LogP) is 0.855. The molecule has 0 atom stereocenters. The van der Waals surface area contributed by atoms with Crippen molar-refractivity contribution in [3.63, 3.8) is 0 Å². The van der Waals surface area contributed by atoms with Crippen LogP contribution < -0.4 is 14.8 Å². The lowest BCUT2D eigenvalue weighted by Crippen LogP contribution is -2.26. The number of hydrogen-bond donors (Lipinski definition) is 2. The number of benzene rings is 1. The molecule has 1 aliphatic carbocycles. The molecule has 0 bridgehead atoms. The van der Waals surface area contributed by atoms with Crippen LogP contribution in [0.25, 0.3) is 0 Å². The summed E-state index contributed by atoms with van der Waals surface area (Å²) in [5, 5.41) is 3.00. The van der Waals surface area contributed by atoms with Gasteiger partial charge in [-0.2, -0.15) is 0 Å². The lowest BCUT2D eigenvalue weighted by atomic mass is 10.2. The first kappa shape index (κ1) is 13.3. The number of rotatable bonds is 6. The molecule has 6 heteroatoms. The van der Waals surface area contributed by atoms with Crippen molar-refractivity contribution in [2.24, 2.45) is 0 Å². The maximum absolute atomic E-state index is 12.2. The van der Waals surface area contributed by atoms with Gasteiger partial charge in [-0.25, -0.2) is 13.1 Å². The molecule has 1 aromatic rings. The molecule has 18 heavy (non-hydrogen) atoms. The fourth-order valence-corrected chi connectivity index (χ4v) is 3.25. The quantitative estimate of drug-likeness (QED) is 0.804. The van der Waals surface area contributed by atoms with Gasteiger partial charge in [0.2, 0.25) is 10.0 Å². The van der Waals surface area contributed by atoms with Gasteiger partial charge in [0, 0.05) is 12.6 Å². The molecule has 1 aliphatic rings. The standard InChI is InChI=1S/C12H18N2O3S/c1-13-8-9-3-6-11(17-2)12(7-9)18(15,16)14-10-4-5-10/h3,6-7,10,13-14H,4-5,8H2,1-2H3. The molecule has 0 unspecified atom stereocenters. The van der Waals surface area contributed by atoms with Crippen LogP contribution in [0.5, 0.6) is 5.75 Å². The molecule has 5 nitrogen and oxygen atoms in total. The average Bonchev–Trinajstić information content (AvgIpc) is 3.12. The Morgan fingerprint density at radius 1 is 1.39 bits per heavy atom. The molecule has 0 aromatic heterocycles. The Hall–Kier alpha value is -1.11. The van der Waals surface area contributed by atoms with E-state index in [0.29, 0.717) is 12.3 Å². The zero-order valence-electron chi connectivity index (χ0n) is 10.6. The van der Waals surface area contributed by atoms with E-state index < -0.39 is 10.0 Å². The van der Waals surface area contributed by atoms with Crippen molar-refractivity contribution in [3.8, 4) is 5.75 Å². The van der Waals surface area contributed by atoms with Crippen LogP contribution in [0.15, 0.2) is 23.1 Å². The molecule has 2 rings (SSSR count). The molecule has 100 valence electrons. The summed E-state index contributed by atoms with van der Waals surface area (Å²) in [6.07, 6.45) is 1.83. The third-order valence-electron chi connectivity index (χ3n) is 2.80. The summed E-state index contributed by atoms with van der Waals surface area (Å²) in [6.45, 7) is 0.621. The van der Waals surface area contributed by atoms with E-state index in [1.54, 1.807) is 12.1 Å². The van der Waals surface area contributed by atoms with Crippen molar-refractivity contribution in [2.75, 3.05) is 14.2 Å². The zero-order chi connectivity index (χ0) is 13.2. The van der Waals surface area contributed by atoms with Crippen LogP contribution in [0.1, 0.15) is 18.4 Å². The molecule has 1 aromatic carbocycles. The van der Waals surface area contributed by atoms with Crippen LogP contribution in [0, 0.1) is 0 Å². The highest BCUT2D eigenvalue weighted by Crippen LogP contribution is 2.28. The lowest BCUT2D eigenvalue weighted by Gasteiger charge is -2.12. The molecule has 1 saturated carbocycles. The van der Waals surface area contributed by atoms with Gasteiger partial charge in [-0.3, -0.25) is 0 Å². The molecule has 0 radical (unpaired) electrons. The van der Waals surface area contributed by atoms with Gasteiger partial charge in [-0.1, -0.05) is 6.07 Å². The van der Waals surface area contributed by atoms with Gasteiger partial charge in [0.05, 0.1) is 7.11 Å². The van der Waals surface area contributed by atoms with E-state index >= 15 is 0 Å². The Labute approximate surface area is 108 Å². The second-order valence-electron chi connectivity index (χ2n) is 4.41. The fraction of sp³-hybridized carbons (Fsp3) is 0.500. The van der Waals surface area contributed by atoms with Gasteiger partial charge >= 0.3 is 0 Å². The molecule has 0 spiro atoms. The summed E-state index contributed by atoms with van der Waals surface area (Å²) in [4.78, 5) is 0.213. The van der Waals surface area contributed by atoms with Crippen molar-refractivity contribution in [2.45, 2.75) is 30.3 Å². The van der Waals surface area contributed by atoms with Gasteiger partial charge in [0.15, 0.2) is 0 Å². The van der Waals surface area contributed by atoms with E-state index in [-0.39, 0.29) is 10.9 Å². The fourth-order valence-electron chi connectivity index (χ4n) is 1.73. The number of methoxy groups -OCH3 is 1. The second-order valence-corrected chi connectivity index (χ2v) is 6.09. The molecule has 0 heterocycles. The summed E-state index contributed by atoms with van der Waals surface area (Å²) in [5.41, 5.74) is 0.912. The average molecular weight is 270 g/mol. The first-order valence-corrected chi connectivity index (χ1v) is 7.39. The largest absolute Gasteiger partial charge is 0.495 e. The topological polar surface area (TPSA) is 67.4 Å². The minimum absolute atomic E-state index is 0.0904. The number of sulfonamides is 1. The van der Waals surface area contributed by atoms with E-state index in [1.807, 2.05) is 13.1 Å². The van der Waals surface area contributed by atoms with Crippen molar-refractivity contribution in [1.82, 2.24) is 10.0 Å². The number of nitrogens with one attached hydrogen (secondary N) is 2. The Morgan fingerprint density at radius 3 is 2.67 bits per heavy atom. The summed E-state index contributed by atoms with van der Waals surface area (Å²) in [7, 11) is -0.188. The van der Waals surface area contributed by atoms with Crippen molar-refractivity contribution in [1.29, 1.82) is 0 Å². The van der Waals surface area contributed by atoms with E-state index in [0.717, 1.165) is 18.4 Å². The number of ether oxygens (including phenoxy) is 1. The minimum atomic E-state index is -3.48. The van der Waals surface area contributed by atoms with E-state index in [1.165, 1.54) is 7.11 Å². The van der Waals surface area contributed by atoms with Crippen LogP contribution in [-0.4, -0.2) is 28.6 Å². The van der Waals surface area contributed by atoms with Crippen molar-refractivity contribution < 1.29 is 13.2 Å². The summed E-state index contributed by atoms with van der Waals surface area (Å²) >= 11 is 0. The normalized spacial score (nSPS) is 15.7. The molecule has 2 N–H and O–H groups in total. The van der Waals surface area contributed by atoms with E-state index in [9.17, 15) is 8.42 Å². The monoisotopic (exact) mass is 270 g/mol. The molecular weight excluding hydrogens is 252 g/mol. The summed E-state index contributed by atoms with van der Waals surface area (Å²) < 4.78 is 32.2. The molecule has 0 amide bonds. The molecule has 0 aliphatic heterocycles. The Bertz CT molecular complexity index is 524. The maximum atomic E-state index is 12.2. The molecule has 1 fully saturated rings. The summed E-state index contributed by atoms with van der Waals surface area (Å²) in [5.74, 6) is 0.378. The Morgan fingerprint density at radius 2 is 2.11 bits per heavy atom. The van der Waals surface area contributed by atoms with Crippen molar-refractivity contribution in [3.05, 3.63) is 23.8 Å². The van der Waals surface area contributed by atoms with E-state index in [4.69, 9.17) is 4.74 Å². The van der Waals surface area contributed by atoms with Gasteiger partial charge in [-0.15, -0.1) is 0 Å². The third-order valence-corrected chi connectivity index (χ3v) is 4.34. The van der Waals surface area contributed by atoms with Gasteiger partial charge in [0.25, 0.3) is 0 Å². The second kappa shape index (κ2) is 5.26. The van der Waals surface area contributed by atoms with E-state index in [2.05, 4.69) is 10.0 Å². The van der Waals surface area contributed by atoms with Crippen molar-refractivity contribution >= 4 is 10.0 Å². The highest BCUT2D eigenvalue weighted by molar-refractivity contribution is 7.89. The first-order valence-electron chi connectivity index (χ1n) is 5.90. The summed E-state index contributed by atoms with van der Waals surface area (Å²) in [6, 6.07) is 5.28. The zero-order valence-corrected chi connectivity index (χ0v) is 11.4. The lowest BCUT2D eigenvalue weighted by molar-refractivity contribution is 0.402. The van der Waals surface area contributed by atoms with Crippen LogP contribution in [0.4, 0.5) is 0 Å². The Balaban J connectivity index is 2.35. The smallest absolute Gasteiger partial charge is 0.244 e. The van der Waals surface area contributed by atoms with Crippen LogP contribution >= 0.6 is 0 Å². The van der Waals surface area contributed by atoms with Crippen LogP contribution in [-0.2, 0) is 16.6 Å². The maximum Gasteiger partial charge on any atom is 0.244 e. The van der Waals surface area contributed by atoms with Crippen LogP contribution in [0.2, 0.25) is 0 Å². The minimum Gasteiger partial charge on any atom is -0.495 e. The first-order chi connectivity index (χ1) is 8.56. The number of hydrogen-bond acceptors (Lipinski definition) is 4. The predicted molar refractivity (Wildman–Crippen MR) is 69.1 cm³/mol. The molecule has 0 saturated heterocycles. The third kappa shape index (κ3) is 3.01. The van der Waals surface area contributed by atoms with Crippen LogP contribution in [0.3, 0.4) is 0 Å². The highest BCUT2D eigenvalue weighted by Gasteiger charge is 2.29.